The number of nitriles is 1. The fourth-order valence-corrected chi connectivity index (χ4v) is 1.35. The van der Waals surface area contributed by atoms with Gasteiger partial charge in [-0.15, -0.1) is 0 Å². The van der Waals surface area contributed by atoms with Crippen molar-refractivity contribution in [3.63, 3.8) is 0 Å². The fourth-order valence-electron chi connectivity index (χ4n) is 1.35. The molecule has 1 aromatic rings. The molecule has 4 N–H and O–H groups in total. The third kappa shape index (κ3) is 3.44. The molecule has 0 heterocycles. The first-order valence-corrected chi connectivity index (χ1v) is 5.39. The van der Waals surface area contributed by atoms with Crippen molar-refractivity contribution >= 4 is 11.4 Å². The Kier molecular flexibility index (Phi) is 4.62. The molecule has 1 atom stereocenters. The van der Waals surface area contributed by atoms with Crippen LogP contribution in [0.15, 0.2) is 18.2 Å². The van der Waals surface area contributed by atoms with E-state index in [2.05, 4.69) is 5.32 Å². The second-order valence-corrected chi connectivity index (χ2v) is 3.69. The minimum atomic E-state index is -0.267. The number of aliphatic hydroxyl groups is 1. The molecule has 0 aromatic heterocycles. The first-order valence-electron chi connectivity index (χ1n) is 5.39. The highest BCUT2D eigenvalue weighted by Gasteiger charge is 2.02. The summed E-state index contributed by atoms with van der Waals surface area (Å²) >= 11 is 0. The SMILES string of the molecule is CCC(O)CCNc1ccc(N)c(C#N)c1. The second-order valence-electron chi connectivity index (χ2n) is 3.69. The molecule has 0 amide bonds. The number of hydrogen-bond acceptors (Lipinski definition) is 4. The number of benzene rings is 1. The van der Waals surface area contributed by atoms with Gasteiger partial charge in [0.1, 0.15) is 6.07 Å². The van der Waals surface area contributed by atoms with Gasteiger partial charge in [0.05, 0.1) is 11.7 Å². The quantitative estimate of drug-likeness (QED) is 0.658. The van der Waals surface area contributed by atoms with Crippen LogP contribution in [-0.4, -0.2) is 17.8 Å². The number of nitrogen functional groups attached to an aromatic ring is 1. The Hall–Kier alpha value is -1.73. The zero-order chi connectivity index (χ0) is 12.0. The number of nitrogens with zero attached hydrogens (tertiary/aromatic N) is 1. The summed E-state index contributed by atoms with van der Waals surface area (Å²) in [5.41, 5.74) is 7.42. The summed E-state index contributed by atoms with van der Waals surface area (Å²) in [5, 5.41) is 21.3. The van der Waals surface area contributed by atoms with Crippen LogP contribution < -0.4 is 11.1 Å². The summed E-state index contributed by atoms with van der Waals surface area (Å²) in [7, 11) is 0. The Bertz CT molecular complexity index is 384. The Labute approximate surface area is 95.7 Å². The molecule has 86 valence electrons. The maximum Gasteiger partial charge on any atom is 0.101 e. The lowest BCUT2D eigenvalue weighted by molar-refractivity contribution is 0.164. The molecule has 1 rings (SSSR count). The normalized spacial score (nSPS) is 11.8. The zero-order valence-electron chi connectivity index (χ0n) is 9.40. The molecular weight excluding hydrogens is 202 g/mol. The third-order valence-electron chi connectivity index (χ3n) is 2.45. The molecule has 0 bridgehead atoms. The number of rotatable bonds is 5. The van der Waals surface area contributed by atoms with E-state index in [1.54, 1.807) is 12.1 Å². The predicted octanol–water partition coefficient (Wildman–Crippen LogP) is 1.71. The highest BCUT2D eigenvalue weighted by atomic mass is 16.3. The summed E-state index contributed by atoms with van der Waals surface area (Å²) in [6.45, 7) is 2.63. The average molecular weight is 219 g/mol. The summed E-state index contributed by atoms with van der Waals surface area (Å²) in [4.78, 5) is 0. The zero-order valence-corrected chi connectivity index (χ0v) is 9.40. The maximum absolute atomic E-state index is 9.37. The van der Waals surface area contributed by atoms with Crippen LogP contribution in [0.3, 0.4) is 0 Å². The number of nitrogens with one attached hydrogen (secondary N) is 1. The lowest BCUT2D eigenvalue weighted by Crippen LogP contribution is -2.12. The van der Waals surface area contributed by atoms with E-state index in [4.69, 9.17) is 11.0 Å². The maximum atomic E-state index is 9.37. The van der Waals surface area contributed by atoms with Crippen LogP contribution in [-0.2, 0) is 0 Å². The molecule has 0 spiro atoms. The molecule has 0 aliphatic rings. The molecule has 1 aromatic carbocycles. The van der Waals surface area contributed by atoms with E-state index in [0.29, 0.717) is 24.2 Å². The lowest BCUT2D eigenvalue weighted by Gasteiger charge is -2.10. The van der Waals surface area contributed by atoms with Crippen molar-refractivity contribution in [2.75, 3.05) is 17.6 Å². The van der Waals surface area contributed by atoms with Crippen molar-refractivity contribution in [1.29, 1.82) is 5.26 Å². The van der Waals surface area contributed by atoms with Crippen molar-refractivity contribution in [1.82, 2.24) is 0 Å². The van der Waals surface area contributed by atoms with Crippen LogP contribution in [0.4, 0.5) is 11.4 Å². The van der Waals surface area contributed by atoms with Gasteiger partial charge in [-0.1, -0.05) is 6.92 Å². The first-order chi connectivity index (χ1) is 7.67. The Morgan fingerprint density at radius 3 is 2.94 bits per heavy atom. The highest BCUT2D eigenvalue weighted by molar-refractivity contribution is 5.61. The largest absolute Gasteiger partial charge is 0.398 e. The Balaban J connectivity index is 2.52. The van der Waals surface area contributed by atoms with E-state index in [9.17, 15) is 5.11 Å². The average Bonchev–Trinajstić information content (AvgIpc) is 2.31. The molecule has 0 aliphatic heterocycles. The Morgan fingerprint density at radius 2 is 2.31 bits per heavy atom. The minimum absolute atomic E-state index is 0.267. The van der Waals surface area contributed by atoms with Crippen LogP contribution in [0.1, 0.15) is 25.3 Å². The summed E-state index contributed by atoms with van der Waals surface area (Å²) in [6.07, 6.45) is 1.19. The van der Waals surface area contributed by atoms with Crippen LogP contribution in [0.5, 0.6) is 0 Å². The van der Waals surface area contributed by atoms with E-state index in [-0.39, 0.29) is 6.10 Å². The van der Waals surface area contributed by atoms with Crippen molar-refractivity contribution in [3.05, 3.63) is 23.8 Å². The summed E-state index contributed by atoms with van der Waals surface area (Å²) < 4.78 is 0. The molecular formula is C12H17N3O. The third-order valence-corrected chi connectivity index (χ3v) is 2.45. The van der Waals surface area contributed by atoms with Crippen molar-refractivity contribution in [3.8, 4) is 6.07 Å². The van der Waals surface area contributed by atoms with E-state index in [0.717, 1.165) is 12.1 Å². The Morgan fingerprint density at radius 1 is 1.56 bits per heavy atom. The summed E-state index contributed by atoms with van der Waals surface area (Å²) in [6, 6.07) is 7.28. The van der Waals surface area contributed by atoms with Crippen molar-refractivity contribution in [2.45, 2.75) is 25.9 Å². The van der Waals surface area contributed by atoms with Crippen LogP contribution in [0.2, 0.25) is 0 Å². The highest BCUT2D eigenvalue weighted by Crippen LogP contribution is 2.16. The van der Waals surface area contributed by atoms with Gasteiger partial charge < -0.3 is 16.2 Å². The van der Waals surface area contributed by atoms with Gasteiger partial charge >= 0.3 is 0 Å². The van der Waals surface area contributed by atoms with Crippen LogP contribution in [0.25, 0.3) is 0 Å². The van der Waals surface area contributed by atoms with Gasteiger partial charge in [-0.2, -0.15) is 5.26 Å². The molecule has 4 nitrogen and oxygen atoms in total. The fraction of sp³-hybridized carbons (Fsp3) is 0.417. The van der Waals surface area contributed by atoms with Gasteiger partial charge in [0, 0.05) is 17.9 Å². The molecule has 4 heteroatoms. The molecule has 0 radical (unpaired) electrons. The summed E-state index contributed by atoms with van der Waals surface area (Å²) in [5.74, 6) is 0. The molecule has 0 fully saturated rings. The lowest BCUT2D eigenvalue weighted by atomic mass is 10.1. The van der Waals surface area contributed by atoms with Crippen LogP contribution >= 0.6 is 0 Å². The molecule has 1 unspecified atom stereocenters. The smallest absolute Gasteiger partial charge is 0.101 e. The van der Waals surface area contributed by atoms with Gasteiger partial charge in [-0.05, 0) is 31.0 Å². The van der Waals surface area contributed by atoms with Crippen LogP contribution in [0, 0.1) is 11.3 Å². The van der Waals surface area contributed by atoms with E-state index >= 15 is 0 Å². The monoisotopic (exact) mass is 219 g/mol. The predicted molar refractivity (Wildman–Crippen MR) is 65.0 cm³/mol. The van der Waals surface area contributed by atoms with E-state index in [1.807, 2.05) is 19.1 Å². The standard InChI is InChI=1S/C12H17N3O/c1-2-11(16)5-6-15-10-3-4-12(14)9(7-10)8-13/h3-4,7,11,15-16H,2,5-6,14H2,1H3. The van der Waals surface area contributed by atoms with Gasteiger partial charge in [-0.25, -0.2) is 0 Å². The van der Waals surface area contributed by atoms with Gasteiger partial charge in [0.25, 0.3) is 0 Å². The second kappa shape index (κ2) is 5.99. The molecule has 0 saturated carbocycles. The van der Waals surface area contributed by atoms with E-state index < -0.39 is 0 Å². The topological polar surface area (TPSA) is 82.1 Å². The number of aliphatic hydroxyl groups excluding tert-OH is 1. The molecule has 16 heavy (non-hydrogen) atoms. The van der Waals surface area contributed by atoms with E-state index in [1.165, 1.54) is 0 Å². The van der Waals surface area contributed by atoms with Gasteiger partial charge in [-0.3, -0.25) is 0 Å². The minimum Gasteiger partial charge on any atom is -0.398 e. The number of hydrogen-bond donors (Lipinski definition) is 3. The number of nitrogens with two attached hydrogens (primary N) is 1. The van der Waals surface area contributed by atoms with Crippen molar-refractivity contribution in [2.24, 2.45) is 0 Å². The number of anilines is 2. The van der Waals surface area contributed by atoms with Gasteiger partial charge in [0.2, 0.25) is 0 Å². The molecule has 0 aliphatic carbocycles. The van der Waals surface area contributed by atoms with Crippen molar-refractivity contribution < 1.29 is 5.11 Å². The molecule has 0 saturated heterocycles. The van der Waals surface area contributed by atoms with Gasteiger partial charge in [0.15, 0.2) is 0 Å². The first kappa shape index (κ1) is 12.3.